The van der Waals surface area contributed by atoms with Gasteiger partial charge in [0.25, 0.3) is 0 Å². The van der Waals surface area contributed by atoms with Crippen molar-refractivity contribution in [3.63, 3.8) is 0 Å². The number of halogens is 3. The van der Waals surface area contributed by atoms with Crippen molar-refractivity contribution in [1.29, 1.82) is 0 Å². The molecule has 0 saturated carbocycles. The van der Waals surface area contributed by atoms with Gasteiger partial charge in [0.15, 0.2) is 5.17 Å². The minimum Gasteiger partial charge on any atom is -0.410 e. The Hall–Kier alpha value is -0.510. The monoisotopic (exact) mass is 252 g/mol. The van der Waals surface area contributed by atoms with E-state index in [4.69, 9.17) is 40.0 Å². The molecule has 0 aliphatic carbocycles. The summed E-state index contributed by atoms with van der Waals surface area (Å²) in [4.78, 5) is 3.96. The van der Waals surface area contributed by atoms with E-state index >= 15 is 0 Å². The molecule has 0 spiro atoms. The number of aromatic nitrogens is 1. The molecule has 0 radical (unpaired) electrons. The third kappa shape index (κ3) is 1.95. The Labute approximate surface area is 96.3 Å². The summed E-state index contributed by atoms with van der Waals surface area (Å²) in [6.45, 7) is 3.46. The number of rotatable bonds is 1. The van der Waals surface area contributed by atoms with Crippen LogP contribution in [0.15, 0.2) is 5.16 Å². The third-order valence-electron chi connectivity index (χ3n) is 1.79. The fraction of sp³-hybridized carbons (Fsp3) is 0.250. The van der Waals surface area contributed by atoms with Gasteiger partial charge in [0.05, 0.1) is 16.3 Å². The van der Waals surface area contributed by atoms with Crippen LogP contribution in [0, 0.1) is 13.8 Å². The first-order chi connectivity index (χ1) is 6.49. The fourth-order valence-electron chi connectivity index (χ4n) is 1.08. The van der Waals surface area contributed by atoms with Gasteiger partial charge in [0.2, 0.25) is 0 Å². The summed E-state index contributed by atoms with van der Waals surface area (Å²) in [6, 6.07) is 0. The maximum absolute atomic E-state index is 8.52. The van der Waals surface area contributed by atoms with Crippen molar-refractivity contribution in [2.75, 3.05) is 0 Å². The van der Waals surface area contributed by atoms with Gasteiger partial charge in [-0.25, -0.2) is 4.98 Å². The standard InChI is InChI=1S/C8H7Cl3N2O/c1-3-5(8(11)13-14)7(10)12-4(2)6(3)9/h14H,1-2H3. The predicted octanol–water partition coefficient (Wildman–Crippen LogP) is 3.38. The van der Waals surface area contributed by atoms with E-state index in [0.29, 0.717) is 21.8 Å². The molecule has 1 heterocycles. The molecule has 76 valence electrons. The molecule has 0 bridgehead atoms. The quantitative estimate of drug-likeness (QED) is 0.361. The van der Waals surface area contributed by atoms with Gasteiger partial charge >= 0.3 is 0 Å². The second kappa shape index (κ2) is 4.34. The van der Waals surface area contributed by atoms with Gasteiger partial charge in [-0.15, -0.1) is 0 Å². The molecular formula is C8H7Cl3N2O. The Balaban J connectivity index is 3.52. The topological polar surface area (TPSA) is 45.5 Å². The van der Waals surface area contributed by atoms with E-state index in [9.17, 15) is 0 Å². The molecule has 1 aromatic heterocycles. The molecule has 0 atom stereocenters. The van der Waals surface area contributed by atoms with E-state index in [1.807, 2.05) is 0 Å². The summed E-state index contributed by atoms with van der Waals surface area (Å²) in [6.07, 6.45) is 0. The van der Waals surface area contributed by atoms with Crippen LogP contribution in [-0.2, 0) is 0 Å². The molecule has 0 saturated heterocycles. The predicted molar refractivity (Wildman–Crippen MR) is 57.9 cm³/mol. The number of pyridine rings is 1. The van der Waals surface area contributed by atoms with Crippen LogP contribution < -0.4 is 0 Å². The molecule has 0 unspecified atom stereocenters. The summed E-state index contributed by atoms with van der Waals surface area (Å²) in [7, 11) is 0. The minimum absolute atomic E-state index is 0.123. The van der Waals surface area contributed by atoms with Gasteiger partial charge in [0, 0.05) is 0 Å². The first-order valence-corrected chi connectivity index (χ1v) is 4.82. The van der Waals surface area contributed by atoms with Crippen LogP contribution >= 0.6 is 34.8 Å². The minimum atomic E-state index is -0.123. The van der Waals surface area contributed by atoms with Crippen LogP contribution in [0.2, 0.25) is 10.2 Å². The van der Waals surface area contributed by atoms with E-state index in [-0.39, 0.29) is 10.3 Å². The van der Waals surface area contributed by atoms with Crippen LogP contribution in [-0.4, -0.2) is 15.4 Å². The van der Waals surface area contributed by atoms with Gasteiger partial charge < -0.3 is 5.21 Å². The molecule has 0 aliphatic heterocycles. The first-order valence-electron chi connectivity index (χ1n) is 3.69. The van der Waals surface area contributed by atoms with Crippen molar-refractivity contribution >= 4 is 40.0 Å². The highest BCUT2D eigenvalue weighted by Gasteiger charge is 2.16. The number of hydrogen-bond acceptors (Lipinski definition) is 3. The highest BCUT2D eigenvalue weighted by Crippen LogP contribution is 2.28. The summed E-state index contributed by atoms with van der Waals surface area (Å²) in [5, 5.41) is 11.9. The first kappa shape index (κ1) is 11.6. The van der Waals surface area contributed by atoms with E-state index in [0.717, 1.165) is 0 Å². The van der Waals surface area contributed by atoms with E-state index in [2.05, 4.69) is 10.1 Å². The van der Waals surface area contributed by atoms with Crippen LogP contribution in [0.1, 0.15) is 16.8 Å². The lowest BCUT2D eigenvalue weighted by atomic mass is 10.1. The lowest BCUT2D eigenvalue weighted by molar-refractivity contribution is 0.321. The van der Waals surface area contributed by atoms with Gasteiger partial charge in [-0.05, 0) is 19.4 Å². The lowest BCUT2D eigenvalue weighted by Gasteiger charge is -2.08. The van der Waals surface area contributed by atoms with Gasteiger partial charge in [0.1, 0.15) is 5.15 Å². The Bertz CT molecular complexity index is 404. The Morgan fingerprint density at radius 2 is 1.93 bits per heavy atom. The number of hydrogen-bond donors (Lipinski definition) is 1. The summed E-state index contributed by atoms with van der Waals surface area (Å²) < 4.78 is 0. The average molecular weight is 254 g/mol. The van der Waals surface area contributed by atoms with E-state index in [1.165, 1.54) is 0 Å². The van der Waals surface area contributed by atoms with Crippen LogP contribution in [0.25, 0.3) is 0 Å². The van der Waals surface area contributed by atoms with Crippen molar-refractivity contribution < 1.29 is 5.21 Å². The molecule has 0 fully saturated rings. The summed E-state index contributed by atoms with van der Waals surface area (Å²) in [5.41, 5.74) is 1.61. The molecule has 0 aliphatic rings. The van der Waals surface area contributed by atoms with Crippen LogP contribution in [0.3, 0.4) is 0 Å². The zero-order chi connectivity index (χ0) is 10.9. The number of aryl methyl sites for hydroxylation is 1. The molecule has 0 amide bonds. The highest BCUT2D eigenvalue weighted by molar-refractivity contribution is 6.70. The smallest absolute Gasteiger partial charge is 0.178 e. The Morgan fingerprint density at radius 1 is 1.36 bits per heavy atom. The number of oxime groups is 1. The van der Waals surface area contributed by atoms with Crippen molar-refractivity contribution in [1.82, 2.24) is 4.98 Å². The van der Waals surface area contributed by atoms with E-state index in [1.54, 1.807) is 13.8 Å². The Morgan fingerprint density at radius 3 is 2.43 bits per heavy atom. The molecule has 3 nitrogen and oxygen atoms in total. The van der Waals surface area contributed by atoms with Crippen LogP contribution in [0.5, 0.6) is 0 Å². The maximum atomic E-state index is 8.52. The molecule has 1 N–H and O–H groups in total. The third-order valence-corrected chi connectivity index (χ3v) is 2.88. The molecule has 1 rings (SSSR count). The largest absolute Gasteiger partial charge is 0.410 e. The lowest BCUT2D eigenvalue weighted by Crippen LogP contribution is -2.01. The van der Waals surface area contributed by atoms with Crippen molar-refractivity contribution in [3.8, 4) is 0 Å². The van der Waals surface area contributed by atoms with Crippen molar-refractivity contribution in [2.45, 2.75) is 13.8 Å². The normalized spacial score (nSPS) is 11.9. The maximum Gasteiger partial charge on any atom is 0.178 e. The zero-order valence-electron chi connectivity index (χ0n) is 7.48. The summed E-state index contributed by atoms with van der Waals surface area (Å²) in [5.74, 6) is 0. The van der Waals surface area contributed by atoms with Crippen molar-refractivity contribution in [3.05, 3.63) is 27.0 Å². The Kier molecular flexibility index (Phi) is 3.59. The van der Waals surface area contributed by atoms with Gasteiger partial charge in [-0.3, -0.25) is 0 Å². The molecule has 1 aromatic rings. The van der Waals surface area contributed by atoms with E-state index < -0.39 is 0 Å². The van der Waals surface area contributed by atoms with Crippen molar-refractivity contribution in [2.24, 2.45) is 5.16 Å². The zero-order valence-corrected chi connectivity index (χ0v) is 9.74. The molecule has 14 heavy (non-hydrogen) atoms. The fourth-order valence-corrected chi connectivity index (χ4v) is 1.85. The van der Waals surface area contributed by atoms with Gasteiger partial charge in [-0.1, -0.05) is 40.0 Å². The highest BCUT2D eigenvalue weighted by atomic mass is 35.5. The average Bonchev–Trinajstić information content (AvgIpc) is 2.14. The molecule has 0 aromatic carbocycles. The second-order valence-corrected chi connectivity index (χ2v) is 3.79. The number of nitrogens with zero attached hydrogens (tertiary/aromatic N) is 2. The molecular weight excluding hydrogens is 246 g/mol. The summed E-state index contributed by atoms with van der Waals surface area (Å²) >= 11 is 17.4. The second-order valence-electron chi connectivity index (χ2n) is 2.69. The molecule has 6 heteroatoms. The SMILES string of the molecule is Cc1nc(Cl)c(C(Cl)=NO)c(C)c1Cl. The van der Waals surface area contributed by atoms with Gasteiger partial charge in [-0.2, -0.15) is 0 Å². The van der Waals surface area contributed by atoms with Crippen LogP contribution in [0.4, 0.5) is 0 Å².